The molecule has 0 radical (unpaired) electrons. The number of rotatable bonds is 4. The Labute approximate surface area is 110 Å². The van der Waals surface area contributed by atoms with Crippen molar-refractivity contribution in [2.75, 3.05) is 11.9 Å². The average molecular weight is 268 g/mol. The van der Waals surface area contributed by atoms with Crippen LogP contribution in [0.3, 0.4) is 0 Å². The molecule has 1 fully saturated rings. The molecule has 2 N–H and O–H groups in total. The fourth-order valence-electron chi connectivity index (χ4n) is 2.61. The highest BCUT2D eigenvalue weighted by Gasteiger charge is 2.31. The van der Waals surface area contributed by atoms with E-state index < -0.39 is 16.3 Å². The zero-order chi connectivity index (χ0) is 13.9. The molecule has 0 aliphatic heterocycles. The Morgan fingerprint density at radius 1 is 1.32 bits per heavy atom. The van der Waals surface area contributed by atoms with Crippen LogP contribution in [0.15, 0.2) is 18.2 Å². The van der Waals surface area contributed by atoms with Crippen LogP contribution >= 0.6 is 0 Å². The first-order chi connectivity index (χ1) is 9.04. The minimum Gasteiger partial charge on any atom is -0.394 e. The summed E-state index contributed by atoms with van der Waals surface area (Å²) >= 11 is 0. The first-order valence-corrected chi connectivity index (χ1v) is 6.39. The first kappa shape index (κ1) is 13.7. The lowest BCUT2D eigenvalue weighted by atomic mass is 9.82. The van der Waals surface area contributed by atoms with E-state index in [1.807, 2.05) is 0 Å². The van der Waals surface area contributed by atoms with Gasteiger partial charge < -0.3 is 10.4 Å². The highest BCUT2D eigenvalue weighted by atomic mass is 19.1. The molecular weight excluding hydrogens is 251 g/mol. The van der Waals surface area contributed by atoms with Gasteiger partial charge in [0.05, 0.1) is 23.1 Å². The second kappa shape index (κ2) is 5.52. The van der Waals surface area contributed by atoms with Crippen LogP contribution in [-0.2, 0) is 0 Å². The van der Waals surface area contributed by atoms with Gasteiger partial charge in [0.1, 0.15) is 5.82 Å². The van der Waals surface area contributed by atoms with Gasteiger partial charge in [0.25, 0.3) is 5.69 Å². The van der Waals surface area contributed by atoms with Gasteiger partial charge in [-0.2, -0.15) is 0 Å². The number of nitrogens with one attached hydrogen (secondary N) is 1. The van der Waals surface area contributed by atoms with Gasteiger partial charge >= 0.3 is 0 Å². The molecule has 19 heavy (non-hydrogen) atoms. The summed E-state index contributed by atoms with van der Waals surface area (Å²) in [4.78, 5) is 10.1. The van der Waals surface area contributed by atoms with E-state index >= 15 is 0 Å². The number of anilines is 1. The first-order valence-electron chi connectivity index (χ1n) is 6.39. The number of aliphatic hydroxyl groups excluding tert-OH is 1. The molecule has 0 spiro atoms. The monoisotopic (exact) mass is 268 g/mol. The van der Waals surface area contributed by atoms with Crippen molar-refractivity contribution in [1.82, 2.24) is 0 Å². The molecule has 1 aromatic rings. The van der Waals surface area contributed by atoms with E-state index in [0.29, 0.717) is 5.69 Å². The quantitative estimate of drug-likeness (QED) is 0.650. The van der Waals surface area contributed by atoms with E-state index in [1.165, 1.54) is 12.1 Å². The van der Waals surface area contributed by atoms with Crippen LogP contribution in [0, 0.1) is 15.9 Å². The highest BCUT2D eigenvalue weighted by Crippen LogP contribution is 2.32. The molecule has 0 unspecified atom stereocenters. The maximum Gasteiger partial charge on any atom is 0.274 e. The minimum atomic E-state index is -0.652. The number of hydrogen-bond donors (Lipinski definition) is 2. The summed E-state index contributed by atoms with van der Waals surface area (Å²) < 4.78 is 13.4. The summed E-state index contributed by atoms with van der Waals surface area (Å²) in [6.45, 7) is -0.0582. The van der Waals surface area contributed by atoms with Crippen molar-refractivity contribution < 1.29 is 14.4 Å². The third-order valence-electron chi connectivity index (χ3n) is 3.62. The maximum atomic E-state index is 13.4. The van der Waals surface area contributed by atoms with E-state index in [4.69, 9.17) is 0 Å². The van der Waals surface area contributed by atoms with Crippen LogP contribution in [-0.4, -0.2) is 22.2 Å². The number of halogens is 1. The number of nitro benzene ring substituents is 1. The second-order valence-corrected chi connectivity index (χ2v) is 5.08. The fourth-order valence-corrected chi connectivity index (χ4v) is 2.61. The molecule has 1 saturated carbocycles. The summed E-state index contributed by atoms with van der Waals surface area (Å²) in [5.74, 6) is -0.652. The number of benzene rings is 1. The van der Waals surface area contributed by atoms with E-state index in [9.17, 15) is 19.6 Å². The molecule has 0 saturated heterocycles. The smallest absolute Gasteiger partial charge is 0.274 e. The molecule has 1 aliphatic rings. The van der Waals surface area contributed by atoms with E-state index in [0.717, 1.165) is 38.2 Å². The predicted molar refractivity (Wildman–Crippen MR) is 69.6 cm³/mol. The summed E-state index contributed by atoms with van der Waals surface area (Å²) in [5.41, 5.74) is -0.422. The number of aliphatic hydroxyl groups is 1. The summed E-state index contributed by atoms with van der Waals surface area (Å²) in [6.07, 6.45) is 4.67. The summed E-state index contributed by atoms with van der Waals surface area (Å²) in [7, 11) is 0. The van der Waals surface area contributed by atoms with Crippen LogP contribution in [0.2, 0.25) is 0 Å². The van der Waals surface area contributed by atoms with Crippen molar-refractivity contribution in [3.63, 3.8) is 0 Å². The Hall–Kier alpha value is -1.69. The zero-order valence-corrected chi connectivity index (χ0v) is 10.6. The van der Waals surface area contributed by atoms with Crippen LogP contribution in [0.4, 0.5) is 15.8 Å². The van der Waals surface area contributed by atoms with Gasteiger partial charge in [-0.25, -0.2) is 4.39 Å². The lowest BCUT2D eigenvalue weighted by Gasteiger charge is -2.37. The standard InChI is InChI=1S/C13H17FN2O3/c14-10-6-11(8-12(7-10)16(18)19)15-13(9-17)4-2-1-3-5-13/h6-8,15,17H,1-5,9H2. The number of hydrogen-bond acceptors (Lipinski definition) is 4. The summed E-state index contributed by atoms with van der Waals surface area (Å²) in [6, 6.07) is 3.41. The largest absolute Gasteiger partial charge is 0.394 e. The molecule has 1 aromatic carbocycles. The Kier molecular flexibility index (Phi) is 3.99. The maximum absolute atomic E-state index is 13.4. The van der Waals surface area contributed by atoms with Crippen molar-refractivity contribution in [2.45, 2.75) is 37.6 Å². The molecule has 0 aromatic heterocycles. The molecule has 0 amide bonds. The van der Waals surface area contributed by atoms with Crippen molar-refractivity contribution in [3.05, 3.63) is 34.1 Å². The van der Waals surface area contributed by atoms with E-state index in [1.54, 1.807) is 0 Å². The van der Waals surface area contributed by atoms with Crippen LogP contribution in [0.5, 0.6) is 0 Å². The van der Waals surface area contributed by atoms with Crippen molar-refractivity contribution in [2.24, 2.45) is 0 Å². The van der Waals surface area contributed by atoms with Crippen LogP contribution in [0.1, 0.15) is 32.1 Å². The van der Waals surface area contributed by atoms with Gasteiger partial charge in [-0.15, -0.1) is 0 Å². The minimum absolute atomic E-state index is 0.0582. The third-order valence-corrected chi connectivity index (χ3v) is 3.62. The SMILES string of the molecule is O=[N+]([O-])c1cc(F)cc(NC2(CO)CCCCC2)c1. The van der Waals surface area contributed by atoms with Gasteiger partial charge in [0, 0.05) is 11.8 Å². The summed E-state index contributed by atoms with van der Waals surface area (Å²) in [5, 5.41) is 23.4. The molecule has 104 valence electrons. The predicted octanol–water partition coefficient (Wildman–Crippen LogP) is 2.84. The number of non-ortho nitro benzene ring substituents is 1. The molecule has 5 nitrogen and oxygen atoms in total. The van der Waals surface area contributed by atoms with E-state index in [2.05, 4.69) is 5.32 Å². The topological polar surface area (TPSA) is 75.4 Å². The Morgan fingerprint density at radius 2 is 2.00 bits per heavy atom. The normalized spacial score (nSPS) is 18.0. The zero-order valence-electron chi connectivity index (χ0n) is 10.6. The van der Waals surface area contributed by atoms with Crippen LogP contribution in [0.25, 0.3) is 0 Å². The van der Waals surface area contributed by atoms with E-state index in [-0.39, 0.29) is 12.3 Å². The fraction of sp³-hybridized carbons (Fsp3) is 0.538. The van der Waals surface area contributed by atoms with Gasteiger partial charge in [-0.05, 0) is 18.9 Å². The Morgan fingerprint density at radius 3 is 2.58 bits per heavy atom. The lowest BCUT2D eigenvalue weighted by molar-refractivity contribution is -0.385. The highest BCUT2D eigenvalue weighted by molar-refractivity contribution is 5.53. The molecule has 6 heteroatoms. The second-order valence-electron chi connectivity index (χ2n) is 5.08. The molecule has 0 heterocycles. The molecule has 0 atom stereocenters. The van der Waals surface area contributed by atoms with Gasteiger partial charge in [-0.3, -0.25) is 10.1 Å². The van der Waals surface area contributed by atoms with Crippen LogP contribution < -0.4 is 5.32 Å². The third kappa shape index (κ3) is 3.20. The average Bonchev–Trinajstić information content (AvgIpc) is 2.39. The van der Waals surface area contributed by atoms with Crippen molar-refractivity contribution >= 4 is 11.4 Å². The Bertz CT molecular complexity index is 473. The van der Waals surface area contributed by atoms with Crippen molar-refractivity contribution in [1.29, 1.82) is 0 Å². The van der Waals surface area contributed by atoms with Gasteiger partial charge in [0.15, 0.2) is 0 Å². The molecule has 1 aliphatic carbocycles. The van der Waals surface area contributed by atoms with Gasteiger partial charge in [0.2, 0.25) is 0 Å². The van der Waals surface area contributed by atoms with Gasteiger partial charge in [-0.1, -0.05) is 19.3 Å². The molecule has 2 rings (SSSR count). The molecule has 0 bridgehead atoms. The number of nitrogens with zero attached hydrogens (tertiary/aromatic N) is 1. The lowest BCUT2D eigenvalue weighted by Crippen LogP contribution is -2.43. The number of nitro groups is 1. The molecular formula is C13H17FN2O3. The van der Waals surface area contributed by atoms with Crippen molar-refractivity contribution in [3.8, 4) is 0 Å². The Balaban J connectivity index is 2.23.